The van der Waals surface area contributed by atoms with Crippen LogP contribution in [0.15, 0.2) is 0 Å². The monoisotopic (exact) mass is 258 g/mol. The van der Waals surface area contributed by atoms with E-state index in [-0.39, 0.29) is 11.9 Å². The molecule has 1 rings (SSSR count). The largest absolute Gasteiger partial charge is 0.382 e. The number of carbonyl (C=O) groups excluding carboxylic acids is 1. The van der Waals surface area contributed by atoms with Gasteiger partial charge in [0.1, 0.15) is 0 Å². The van der Waals surface area contributed by atoms with Crippen molar-refractivity contribution in [2.75, 3.05) is 33.5 Å². The molecule has 0 spiro atoms. The second kappa shape index (κ2) is 9.30. The zero-order valence-electron chi connectivity index (χ0n) is 11.3. The lowest BCUT2D eigenvalue weighted by molar-refractivity contribution is -0.121. The van der Waals surface area contributed by atoms with Gasteiger partial charge in [0, 0.05) is 32.7 Å². The maximum Gasteiger partial charge on any atom is 0.221 e. The molecule has 0 aromatic rings. The quantitative estimate of drug-likeness (QED) is 0.534. The molecule has 0 heterocycles. The Bertz CT molecular complexity index is 232. The molecule has 1 aliphatic carbocycles. The van der Waals surface area contributed by atoms with Crippen molar-refractivity contribution in [1.82, 2.24) is 5.32 Å². The highest BCUT2D eigenvalue weighted by molar-refractivity contribution is 5.76. The number of hydrogen-bond donors (Lipinski definition) is 2. The number of nitrogens with two attached hydrogens (primary N) is 1. The number of unbranched alkanes of at least 4 members (excludes halogenated alkanes) is 1. The van der Waals surface area contributed by atoms with Crippen LogP contribution in [-0.2, 0) is 14.3 Å². The van der Waals surface area contributed by atoms with Crippen molar-refractivity contribution in [3.8, 4) is 0 Å². The summed E-state index contributed by atoms with van der Waals surface area (Å²) < 4.78 is 10.2. The zero-order chi connectivity index (χ0) is 13.2. The lowest BCUT2D eigenvalue weighted by Crippen LogP contribution is -2.33. The molecule has 5 nitrogen and oxygen atoms in total. The molecule has 1 unspecified atom stereocenters. The molecule has 3 N–H and O–H groups in total. The number of ether oxygens (including phenoxy) is 2. The molecule has 0 aromatic carbocycles. The molecular formula is C13H26N2O3. The minimum Gasteiger partial charge on any atom is -0.382 e. The van der Waals surface area contributed by atoms with E-state index in [1.165, 1.54) is 12.8 Å². The van der Waals surface area contributed by atoms with E-state index in [4.69, 9.17) is 15.2 Å². The zero-order valence-corrected chi connectivity index (χ0v) is 11.3. The maximum atomic E-state index is 11.5. The molecule has 1 aliphatic rings. The molecule has 1 atom stereocenters. The van der Waals surface area contributed by atoms with Crippen LogP contribution >= 0.6 is 0 Å². The van der Waals surface area contributed by atoms with E-state index in [1.807, 2.05) is 0 Å². The van der Waals surface area contributed by atoms with Crippen LogP contribution in [0, 0.1) is 5.92 Å². The molecule has 0 aliphatic heterocycles. The van der Waals surface area contributed by atoms with Crippen LogP contribution in [0.5, 0.6) is 0 Å². The third-order valence-corrected chi connectivity index (χ3v) is 3.12. The normalized spacial score (nSPS) is 16.6. The first kappa shape index (κ1) is 15.4. The summed E-state index contributed by atoms with van der Waals surface area (Å²) in [4.78, 5) is 11.5. The van der Waals surface area contributed by atoms with Crippen molar-refractivity contribution in [2.24, 2.45) is 11.7 Å². The van der Waals surface area contributed by atoms with Crippen LogP contribution in [0.1, 0.15) is 32.1 Å². The first-order valence-corrected chi connectivity index (χ1v) is 6.83. The van der Waals surface area contributed by atoms with Gasteiger partial charge in [-0.3, -0.25) is 4.79 Å². The molecule has 1 amide bonds. The molecule has 0 radical (unpaired) electrons. The van der Waals surface area contributed by atoms with Crippen molar-refractivity contribution in [3.63, 3.8) is 0 Å². The number of amides is 1. The Kier molecular flexibility index (Phi) is 7.96. The molecular weight excluding hydrogens is 232 g/mol. The summed E-state index contributed by atoms with van der Waals surface area (Å²) in [5.74, 6) is 0.666. The van der Waals surface area contributed by atoms with Gasteiger partial charge < -0.3 is 20.5 Å². The Hall–Kier alpha value is -0.650. The number of rotatable bonds is 11. The van der Waals surface area contributed by atoms with Crippen molar-refractivity contribution in [1.29, 1.82) is 0 Å². The Balaban J connectivity index is 1.83. The number of carbonyl (C=O) groups is 1. The summed E-state index contributed by atoms with van der Waals surface area (Å²) in [6.07, 6.45) is 4.74. The van der Waals surface area contributed by atoms with Crippen LogP contribution < -0.4 is 11.1 Å². The molecule has 18 heavy (non-hydrogen) atoms. The molecule has 0 bridgehead atoms. The number of methoxy groups -OCH3 is 1. The molecule has 0 saturated heterocycles. The molecule has 1 saturated carbocycles. The highest BCUT2D eigenvalue weighted by atomic mass is 16.5. The van der Waals surface area contributed by atoms with Gasteiger partial charge in [-0.1, -0.05) is 0 Å². The van der Waals surface area contributed by atoms with Crippen LogP contribution in [-0.4, -0.2) is 45.4 Å². The Labute approximate surface area is 109 Å². The highest BCUT2D eigenvalue weighted by Gasteiger charge is 2.29. The lowest BCUT2D eigenvalue weighted by Gasteiger charge is -2.10. The van der Waals surface area contributed by atoms with Gasteiger partial charge in [0.15, 0.2) is 0 Å². The van der Waals surface area contributed by atoms with E-state index in [0.717, 1.165) is 19.4 Å². The van der Waals surface area contributed by atoms with Gasteiger partial charge in [-0.05, 0) is 31.6 Å². The Morgan fingerprint density at radius 2 is 2.11 bits per heavy atom. The summed E-state index contributed by atoms with van der Waals surface area (Å²) in [7, 11) is 1.66. The smallest absolute Gasteiger partial charge is 0.221 e. The predicted molar refractivity (Wildman–Crippen MR) is 70.3 cm³/mol. The van der Waals surface area contributed by atoms with Crippen LogP contribution in [0.2, 0.25) is 0 Å². The molecule has 106 valence electrons. The lowest BCUT2D eigenvalue weighted by atomic mass is 10.1. The molecule has 0 aromatic heterocycles. The van der Waals surface area contributed by atoms with E-state index in [0.29, 0.717) is 32.1 Å². The SMILES string of the molecule is COCCOCCCCNC(=O)CC(N)C1CC1. The maximum absolute atomic E-state index is 11.5. The standard InChI is InChI=1S/C13H26N2O3/c1-17-8-9-18-7-3-2-6-15-13(16)10-12(14)11-4-5-11/h11-12H,2-10,14H2,1H3,(H,15,16). The van der Waals surface area contributed by atoms with Crippen molar-refractivity contribution < 1.29 is 14.3 Å². The van der Waals surface area contributed by atoms with E-state index in [1.54, 1.807) is 7.11 Å². The summed E-state index contributed by atoms with van der Waals surface area (Å²) in [5, 5.41) is 2.90. The Morgan fingerprint density at radius 1 is 1.33 bits per heavy atom. The summed E-state index contributed by atoms with van der Waals surface area (Å²) in [5.41, 5.74) is 5.89. The van der Waals surface area contributed by atoms with Gasteiger partial charge in [-0.25, -0.2) is 0 Å². The third kappa shape index (κ3) is 7.63. The summed E-state index contributed by atoms with van der Waals surface area (Å²) in [6.45, 7) is 2.71. The van der Waals surface area contributed by atoms with E-state index >= 15 is 0 Å². The average Bonchev–Trinajstić information content (AvgIpc) is 3.16. The van der Waals surface area contributed by atoms with Crippen molar-refractivity contribution >= 4 is 5.91 Å². The minimum atomic E-state index is 0.0578. The second-order valence-electron chi connectivity index (χ2n) is 4.87. The fourth-order valence-corrected chi connectivity index (χ4v) is 1.78. The van der Waals surface area contributed by atoms with Crippen LogP contribution in [0.4, 0.5) is 0 Å². The van der Waals surface area contributed by atoms with Crippen LogP contribution in [0.3, 0.4) is 0 Å². The minimum absolute atomic E-state index is 0.0578. The van der Waals surface area contributed by atoms with Gasteiger partial charge in [0.05, 0.1) is 13.2 Å². The first-order valence-electron chi connectivity index (χ1n) is 6.83. The second-order valence-corrected chi connectivity index (χ2v) is 4.87. The average molecular weight is 258 g/mol. The van der Waals surface area contributed by atoms with Crippen molar-refractivity contribution in [2.45, 2.75) is 38.1 Å². The van der Waals surface area contributed by atoms with Gasteiger partial charge in [0.2, 0.25) is 5.91 Å². The van der Waals surface area contributed by atoms with Gasteiger partial charge in [0.25, 0.3) is 0 Å². The van der Waals surface area contributed by atoms with E-state index in [2.05, 4.69) is 5.32 Å². The third-order valence-electron chi connectivity index (χ3n) is 3.12. The molecule has 5 heteroatoms. The van der Waals surface area contributed by atoms with Crippen LogP contribution in [0.25, 0.3) is 0 Å². The van der Waals surface area contributed by atoms with E-state index in [9.17, 15) is 4.79 Å². The molecule has 1 fully saturated rings. The number of nitrogens with one attached hydrogen (secondary N) is 1. The topological polar surface area (TPSA) is 73.6 Å². The number of hydrogen-bond acceptors (Lipinski definition) is 4. The highest BCUT2D eigenvalue weighted by Crippen LogP contribution is 2.32. The fourth-order valence-electron chi connectivity index (χ4n) is 1.78. The first-order chi connectivity index (χ1) is 8.74. The van der Waals surface area contributed by atoms with Gasteiger partial charge >= 0.3 is 0 Å². The fraction of sp³-hybridized carbons (Fsp3) is 0.923. The summed E-state index contributed by atoms with van der Waals surface area (Å²) in [6, 6.07) is 0.0578. The van der Waals surface area contributed by atoms with Gasteiger partial charge in [-0.2, -0.15) is 0 Å². The van der Waals surface area contributed by atoms with Crippen molar-refractivity contribution in [3.05, 3.63) is 0 Å². The Morgan fingerprint density at radius 3 is 2.78 bits per heavy atom. The summed E-state index contributed by atoms with van der Waals surface area (Å²) >= 11 is 0. The van der Waals surface area contributed by atoms with E-state index < -0.39 is 0 Å². The van der Waals surface area contributed by atoms with Gasteiger partial charge in [-0.15, -0.1) is 0 Å². The predicted octanol–water partition coefficient (Wildman–Crippen LogP) is 0.673.